The van der Waals surface area contributed by atoms with Gasteiger partial charge >= 0.3 is 0 Å². The highest BCUT2D eigenvalue weighted by Gasteiger charge is 2.30. The first-order valence-electron chi connectivity index (χ1n) is 8.07. The second-order valence-electron chi connectivity index (χ2n) is 6.58. The number of H-pyrrole nitrogens is 1. The van der Waals surface area contributed by atoms with Crippen molar-refractivity contribution in [3.8, 4) is 0 Å². The molecule has 2 heteroatoms. The Hall–Kier alpha value is -1.57. The molecular weight excluding hydrogens is 258 g/mol. The SMILES string of the molecule is CCC(=O)C(C)(C)CC(CC)c1c[nH]c2c1C=CCC=C2. The molecule has 0 fully saturated rings. The van der Waals surface area contributed by atoms with Gasteiger partial charge in [0.15, 0.2) is 0 Å². The molecule has 114 valence electrons. The lowest BCUT2D eigenvalue weighted by Crippen LogP contribution is -2.26. The summed E-state index contributed by atoms with van der Waals surface area (Å²) >= 11 is 0. The highest BCUT2D eigenvalue weighted by atomic mass is 16.1. The van der Waals surface area contributed by atoms with Crippen molar-refractivity contribution in [2.75, 3.05) is 0 Å². The van der Waals surface area contributed by atoms with Gasteiger partial charge in [-0.05, 0) is 36.8 Å². The standard InChI is InChI=1S/C19H27NO/c1-5-14(12-19(3,4)18(21)6-2)16-13-20-17-11-9-7-8-10-15(16)17/h8-11,13-14,20H,5-7,12H2,1-4H3. The maximum Gasteiger partial charge on any atom is 0.138 e. The van der Waals surface area contributed by atoms with Crippen LogP contribution in [0.3, 0.4) is 0 Å². The number of allylic oxidation sites excluding steroid dienone is 2. The molecule has 1 aromatic heterocycles. The molecule has 0 aromatic carbocycles. The minimum absolute atomic E-state index is 0.246. The smallest absolute Gasteiger partial charge is 0.138 e. The first-order valence-corrected chi connectivity index (χ1v) is 8.07. The van der Waals surface area contributed by atoms with Gasteiger partial charge < -0.3 is 4.98 Å². The molecule has 0 bridgehead atoms. The van der Waals surface area contributed by atoms with E-state index in [1.165, 1.54) is 16.8 Å². The quantitative estimate of drug-likeness (QED) is 0.752. The zero-order valence-electron chi connectivity index (χ0n) is 13.7. The van der Waals surface area contributed by atoms with Crippen molar-refractivity contribution < 1.29 is 4.79 Å². The van der Waals surface area contributed by atoms with Crippen molar-refractivity contribution in [1.29, 1.82) is 0 Å². The summed E-state index contributed by atoms with van der Waals surface area (Å²) in [6.07, 6.45) is 14.5. The molecule has 0 aliphatic heterocycles. The number of aromatic nitrogens is 1. The number of carbonyl (C=O) groups excluding carboxylic acids is 1. The lowest BCUT2D eigenvalue weighted by Gasteiger charge is -2.28. The van der Waals surface area contributed by atoms with Gasteiger partial charge in [-0.3, -0.25) is 4.79 Å². The minimum atomic E-state index is -0.246. The fraction of sp³-hybridized carbons (Fsp3) is 0.526. The van der Waals surface area contributed by atoms with Crippen molar-refractivity contribution in [2.45, 2.75) is 59.3 Å². The van der Waals surface area contributed by atoms with Crippen LogP contribution >= 0.6 is 0 Å². The number of nitrogens with one attached hydrogen (secondary N) is 1. The van der Waals surface area contributed by atoms with Crippen LogP contribution in [0.1, 0.15) is 76.1 Å². The Morgan fingerprint density at radius 3 is 2.67 bits per heavy atom. The zero-order valence-corrected chi connectivity index (χ0v) is 13.7. The minimum Gasteiger partial charge on any atom is -0.361 e. The fourth-order valence-corrected chi connectivity index (χ4v) is 3.26. The number of ketones is 1. The van der Waals surface area contributed by atoms with Crippen LogP contribution in [0.2, 0.25) is 0 Å². The summed E-state index contributed by atoms with van der Waals surface area (Å²) in [6, 6.07) is 0. The topological polar surface area (TPSA) is 32.9 Å². The lowest BCUT2D eigenvalue weighted by molar-refractivity contribution is -0.127. The number of rotatable bonds is 6. The largest absolute Gasteiger partial charge is 0.361 e. The van der Waals surface area contributed by atoms with E-state index in [0.717, 1.165) is 19.3 Å². The van der Waals surface area contributed by atoms with Crippen LogP contribution in [0.4, 0.5) is 0 Å². The molecule has 1 N–H and O–H groups in total. The first kappa shape index (κ1) is 15.8. The highest BCUT2D eigenvalue weighted by molar-refractivity contribution is 5.83. The Balaban J connectivity index is 2.29. The molecule has 1 atom stereocenters. The molecule has 0 spiro atoms. The van der Waals surface area contributed by atoms with Crippen LogP contribution < -0.4 is 0 Å². The van der Waals surface area contributed by atoms with Crippen LogP contribution in [0.5, 0.6) is 0 Å². The number of aromatic amines is 1. The monoisotopic (exact) mass is 285 g/mol. The molecule has 1 aliphatic rings. The van der Waals surface area contributed by atoms with E-state index in [4.69, 9.17) is 0 Å². The lowest BCUT2D eigenvalue weighted by atomic mass is 9.75. The second-order valence-corrected chi connectivity index (χ2v) is 6.58. The number of Topliss-reactive ketones (excluding diaryl/α,β-unsaturated/α-hetero) is 1. The van der Waals surface area contributed by atoms with Gasteiger partial charge in [0.25, 0.3) is 0 Å². The van der Waals surface area contributed by atoms with Crippen molar-refractivity contribution in [2.24, 2.45) is 5.41 Å². The third kappa shape index (κ3) is 3.37. The Morgan fingerprint density at radius 1 is 1.29 bits per heavy atom. The average molecular weight is 285 g/mol. The predicted molar refractivity (Wildman–Crippen MR) is 90.2 cm³/mol. The number of fused-ring (bicyclic) bond motifs is 1. The van der Waals surface area contributed by atoms with E-state index in [2.05, 4.69) is 56.3 Å². The molecule has 1 unspecified atom stereocenters. The summed E-state index contributed by atoms with van der Waals surface area (Å²) in [7, 11) is 0. The molecular formula is C19H27NO. The summed E-state index contributed by atoms with van der Waals surface area (Å²) < 4.78 is 0. The third-order valence-corrected chi connectivity index (χ3v) is 4.59. The highest BCUT2D eigenvalue weighted by Crippen LogP contribution is 2.38. The Labute approximate surface area is 128 Å². The molecule has 2 nitrogen and oxygen atoms in total. The van der Waals surface area contributed by atoms with Gasteiger partial charge in [-0.2, -0.15) is 0 Å². The van der Waals surface area contributed by atoms with Crippen molar-refractivity contribution >= 4 is 17.9 Å². The molecule has 21 heavy (non-hydrogen) atoms. The van der Waals surface area contributed by atoms with Crippen LogP contribution in [0, 0.1) is 5.41 Å². The second kappa shape index (κ2) is 6.46. The van der Waals surface area contributed by atoms with Gasteiger partial charge in [-0.15, -0.1) is 0 Å². The Kier molecular flexibility index (Phi) is 4.87. The average Bonchev–Trinajstić information content (AvgIpc) is 2.72. The molecule has 0 saturated carbocycles. The fourth-order valence-electron chi connectivity index (χ4n) is 3.26. The molecule has 1 heterocycles. The summed E-state index contributed by atoms with van der Waals surface area (Å²) in [5, 5.41) is 0. The van der Waals surface area contributed by atoms with E-state index in [0.29, 0.717) is 18.1 Å². The summed E-state index contributed by atoms with van der Waals surface area (Å²) in [5.74, 6) is 0.782. The van der Waals surface area contributed by atoms with Crippen molar-refractivity contribution in [3.05, 3.63) is 35.2 Å². The van der Waals surface area contributed by atoms with Gasteiger partial charge in [0.2, 0.25) is 0 Å². The van der Waals surface area contributed by atoms with Crippen molar-refractivity contribution in [3.63, 3.8) is 0 Å². The molecule has 2 rings (SSSR count). The summed E-state index contributed by atoms with van der Waals surface area (Å²) in [5.41, 5.74) is 3.60. The molecule has 0 amide bonds. The van der Waals surface area contributed by atoms with Crippen LogP contribution in [-0.2, 0) is 4.79 Å². The van der Waals surface area contributed by atoms with E-state index in [9.17, 15) is 4.79 Å². The van der Waals surface area contributed by atoms with E-state index < -0.39 is 0 Å². The molecule has 1 aliphatic carbocycles. The van der Waals surface area contributed by atoms with Crippen LogP contribution in [-0.4, -0.2) is 10.8 Å². The number of hydrogen-bond acceptors (Lipinski definition) is 1. The van der Waals surface area contributed by atoms with Crippen molar-refractivity contribution in [1.82, 2.24) is 4.98 Å². The Bertz CT molecular complexity index is 560. The van der Waals surface area contributed by atoms with E-state index in [-0.39, 0.29) is 5.41 Å². The maximum absolute atomic E-state index is 12.2. The molecule has 1 aromatic rings. The number of carbonyl (C=O) groups is 1. The molecule has 0 saturated heterocycles. The number of hydrogen-bond donors (Lipinski definition) is 1. The normalized spacial score (nSPS) is 15.6. The van der Waals surface area contributed by atoms with E-state index in [1.54, 1.807) is 0 Å². The van der Waals surface area contributed by atoms with Gasteiger partial charge in [0, 0.05) is 29.3 Å². The van der Waals surface area contributed by atoms with Gasteiger partial charge in [-0.25, -0.2) is 0 Å². The predicted octanol–water partition coefficient (Wildman–Crippen LogP) is 5.33. The maximum atomic E-state index is 12.2. The zero-order chi connectivity index (χ0) is 15.5. The van der Waals surface area contributed by atoms with Gasteiger partial charge in [-0.1, -0.05) is 45.9 Å². The van der Waals surface area contributed by atoms with E-state index >= 15 is 0 Å². The van der Waals surface area contributed by atoms with Gasteiger partial charge in [0.1, 0.15) is 5.78 Å². The first-order chi connectivity index (χ1) is 9.99. The third-order valence-electron chi connectivity index (χ3n) is 4.59. The Morgan fingerprint density at radius 2 is 2.00 bits per heavy atom. The summed E-state index contributed by atoms with van der Waals surface area (Å²) in [4.78, 5) is 15.6. The van der Waals surface area contributed by atoms with Crippen LogP contribution in [0.15, 0.2) is 18.3 Å². The summed E-state index contributed by atoms with van der Waals surface area (Å²) in [6.45, 7) is 8.35. The van der Waals surface area contributed by atoms with Gasteiger partial charge in [0.05, 0.1) is 0 Å². The molecule has 0 radical (unpaired) electrons. The van der Waals surface area contributed by atoms with Crippen LogP contribution in [0.25, 0.3) is 12.2 Å². The van der Waals surface area contributed by atoms with E-state index in [1.807, 2.05) is 6.92 Å².